The number of aliphatic carboxylic acids is 2. The van der Waals surface area contributed by atoms with E-state index in [0.29, 0.717) is 5.69 Å². The van der Waals surface area contributed by atoms with E-state index in [0.717, 1.165) is 0 Å². The number of rotatable bonds is 14. The molecule has 0 aliphatic heterocycles. The molecule has 1 aromatic rings. The molecule has 0 aliphatic carbocycles. The number of carbonyl (C=O) groups is 6. The number of carboxylic acid groups (broad SMARTS) is 2. The maximum Gasteiger partial charge on any atom is 0.326 e. The first kappa shape index (κ1) is 26.0. The predicted octanol–water partition coefficient (Wildman–Crippen LogP) is -3.81. The summed E-state index contributed by atoms with van der Waals surface area (Å²) in [7, 11) is 0. The van der Waals surface area contributed by atoms with Crippen LogP contribution in [-0.4, -0.2) is 80.4 Å². The number of nitrogens with two attached hydrogens (primary N) is 2. The standard InChI is InChI=1S/C17H25N7O8/c18-5-13(26)22-9(1-2-12(19)25)15(29)23-10(3-8-6-20-7-21-8)16(30)24-11(17(31)32)4-14(27)28/h6-7,9-11H,1-5,18H2,(H2,19,25)(H,20,21)(H,22,26)(H,23,29)(H,24,30)(H,27,28)(H,31,32). The van der Waals surface area contributed by atoms with Gasteiger partial charge in [0.1, 0.15) is 18.1 Å². The molecule has 1 rings (SSSR count). The van der Waals surface area contributed by atoms with Crippen LogP contribution in [0.15, 0.2) is 12.5 Å². The molecule has 0 fully saturated rings. The molecule has 0 saturated heterocycles. The van der Waals surface area contributed by atoms with Crippen molar-refractivity contribution in [3.05, 3.63) is 18.2 Å². The first-order valence-electron chi connectivity index (χ1n) is 9.33. The zero-order valence-electron chi connectivity index (χ0n) is 16.9. The fourth-order valence-electron chi connectivity index (χ4n) is 2.55. The Morgan fingerprint density at radius 2 is 1.62 bits per heavy atom. The van der Waals surface area contributed by atoms with Gasteiger partial charge in [-0.25, -0.2) is 9.78 Å². The van der Waals surface area contributed by atoms with Gasteiger partial charge >= 0.3 is 11.9 Å². The van der Waals surface area contributed by atoms with E-state index in [1.165, 1.54) is 12.5 Å². The number of carbonyl (C=O) groups excluding carboxylic acids is 4. The first-order valence-corrected chi connectivity index (χ1v) is 9.33. The second-order valence-corrected chi connectivity index (χ2v) is 6.67. The second-order valence-electron chi connectivity index (χ2n) is 6.67. The minimum absolute atomic E-state index is 0.162. The van der Waals surface area contributed by atoms with Gasteiger partial charge in [-0.3, -0.25) is 24.0 Å². The van der Waals surface area contributed by atoms with Gasteiger partial charge in [0.2, 0.25) is 23.6 Å². The number of nitrogens with one attached hydrogen (secondary N) is 4. The molecule has 15 heteroatoms. The Labute approximate surface area is 181 Å². The average Bonchev–Trinajstić information content (AvgIpc) is 3.22. The highest BCUT2D eigenvalue weighted by Gasteiger charge is 2.31. The lowest BCUT2D eigenvalue weighted by atomic mass is 10.1. The van der Waals surface area contributed by atoms with E-state index in [2.05, 4.69) is 25.9 Å². The molecule has 0 saturated carbocycles. The average molecular weight is 455 g/mol. The molecule has 0 radical (unpaired) electrons. The minimum atomic E-state index is -1.75. The number of carboxylic acids is 2. The Kier molecular flexibility index (Phi) is 10.3. The van der Waals surface area contributed by atoms with Crippen LogP contribution < -0.4 is 27.4 Å². The van der Waals surface area contributed by atoms with Gasteiger partial charge in [0.05, 0.1) is 19.3 Å². The molecule has 1 heterocycles. The van der Waals surface area contributed by atoms with Gasteiger partial charge in [0.25, 0.3) is 0 Å². The Bertz CT molecular complexity index is 842. The topological polar surface area (TPSA) is 260 Å². The molecule has 4 amide bonds. The number of aromatic amines is 1. The van der Waals surface area contributed by atoms with Crippen LogP contribution in [0.3, 0.4) is 0 Å². The van der Waals surface area contributed by atoms with Crippen molar-refractivity contribution >= 4 is 35.6 Å². The predicted molar refractivity (Wildman–Crippen MR) is 105 cm³/mol. The smallest absolute Gasteiger partial charge is 0.326 e. The molecule has 3 unspecified atom stereocenters. The minimum Gasteiger partial charge on any atom is -0.481 e. The van der Waals surface area contributed by atoms with Crippen LogP contribution in [-0.2, 0) is 35.2 Å². The van der Waals surface area contributed by atoms with Crippen LogP contribution in [0.2, 0.25) is 0 Å². The highest BCUT2D eigenvalue weighted by molar-refractivity contribution is 5.94. The number of hydrogen-bond donors (Lipinski definition) is 8. The van der Waals surface area contributed by atoms with Crippen LogP contribution in [0.4, 0.5) is 0 Å². The third-order valence-electron chi connectivity index (χ3n) is 4.12. The van der Waals surface area contributed by atoms with E-state index < -0.39 is 66.7 Å². The SMILES string of the molecule is NCC(=O)NC(CCC(N)=O)C(=O)NC(Cc1cnc[nH]1)C(=O)NC(CC(=O)O)C(=O)O. The number of primary amides is 1. The lowest BCUT2D eigenvalue weighted by Crippen LogP contribution is -2.57. The molecule has 32 heavy (non-hydrogen) atoms. The van der Waals surface area contributed by atoms with Crippen LogP contribution >= 0.6 is 0 Å². The second kappa shape index (κ2) is 12.6. The van der Waals surface area contributed by atoms with Gasteiger partial charge in [0, 0.05) is 24.7 Å². The summed E-state index contributed by atoms with van der Waals surface area (Å²) in [5.74, 6) is -6.31. The summed E-state index contributed by atoms with van der Waals surface area (Å²) >= 11 is 0. The highest BCUT2D eigenvalue weighted by atomic mass is 16.4. The van der Waals surface area contributed by atoms with E-state index in [1.807, 2.05) is 0 Å². The van der Waals surface area contributed by atoms with Gasteiger partial charge in [0.15, 0.2) is 0 Å². The summed E-state index contributed by atoms with van der Waals surface area (Å²) < 4.78 is 0. The molecule has 0 aromatic carbocycles. The molecular formula is C17H25N7O8. The lowest BCUT2D eigenvalue weighted by molar-refractivity contribution is -0.147. The third kappa shape index (κ3) is 9.21. The van der Waals surface area contributed by atoms with E-state index >= 15 is 0 Å². The molecule has 3 atom stereocenters. The number of nitrogens with zero attached hydrogens (tertiary/aromatic N) is 1. The van der Waals surface area contributed by atoms with Crippen LogP contribution in [0, 0.1) is 0 Å². The van der Waals surface area contributed by atoms with Crippen molar-refractivity contribution < 1.29 is 39.0 Å². The van der Waals surface area contributed by atoms with Crippen molar-refractivity contribution in [1.82, 2.24) is 25.9 Å². The summed E-state index contributed by atoms with van der Waals surface area (Å²) in [5, 5.41) is 24.7. The number of hydrogen-bond acceptors (Lipinski definition) is 8. The van der Waals surface area contributed by atoms with Gasteiger partial charge < -0.3 is 42.6 Å². The number of amides is 4. The monoisotopic (exact) mass is 455 g/mol. The van der Waals surface area contributed by atoms with E-state index in [4.69, 9.17) is 21.7 Å². The van der Waals surface area contributed by atoms with Crippen molar-refractivity contribution in [1.29, 1.82) is 0 Å². The third-order valence-corrected chi connectivity index (χ3v) is 4.12. The van der Waals surface area contributed by atoms with E-state index in [-0.39, 0.29) is 19.3 Å². The summed E-state index contributed by atoms with van der Waals surface area (Å²) in [6, 6.07) is -4.38. The lowest BCUT2D eigenvalue weighted by Gasteiger charge is -2.24. The zero-order chi connectivity index (χ0) is 24.3. The summed E-state index contributed by atoms with van der Waals surface area (Å²) in [5.41, 5.74) is 10.7. The molecule has 0 bridgehead atoms. The molecule has 0 aliphatic rings. The maximum absolute atomic E-state index is 12.7. The van der Waals surface area contributed by atoms with Crippen molar-refractivity contribution in [2.24, 2.45) is 11.5 Å². The Hall–Kier alpha value is -4.01. The first-order chi connectivity index (χ1) is 15.0. The molecule has 176 valence electrons. The van der Waals surface area contributed by atoms with Crippen LogP contribution in [0.5, 0.6) is 0 Å². The fourth-order valence-corrected chi connectivity index (χ4v) is 2.55. The molecule has 15 nitrogen and oxygen atoms in total. The van der Waals surface area contributed by atoms with Gasteiger partial charge in [-0.15, -0.1) is 0 Å². The normalized spacial score (nSPS) is 13.3. The van der Waals surface area contributed by atoms with Gasteiger partial charge in [-0.1, -0.05) is 0 Å². The number of H-pyrrole nitrogens is 1. The Balaban J connectivity index is 3.04. The molecule has 10 N–H and O–H groups in total. The van der Waals surface area contributed by atoms with E-state index in [9.17, 15) is 28.8 Å². The summed E-state index contributed by atoms with van der Waals surface area (Å²) in [4.78, 5) is 76.7. The quantitative estimate of drug-likeness (QED) is 0.135. The summed E-state index contributed by atoms with van der Waals surface area (Å²) in [6.45, 7) is -0.437. The Morgan fingerprint density at radius 3 is 2.12 bits per heavy atom. The van der Waals surface area contributed by atoms with Crippen LogP contribution in [0.1, 0.15) is 25.0 Å². The van der Waals surface area contributed by atoms with Crippen molar-refractivity contribution in [3.8, 4) is 0 Å². The van der Waals surface area contributed by atoms with E-state index in [1.54, 1.807) is 0 Å². The van der Waals surface area contributed by atoms with Crippen molar-refractivity contribution in [3.63, 3.8) is 0 Å². The van der Waals surface area contributed by atoms with Gasteiger partial charge in [-0.2, -0.15) is 0 Å². The van der Waals surface area contributed by atoms with Gasteiger partial charge in [-0.05, 0) is 6.42 Å². The number of aromatic nitrogens is 2. The largest absolute Gasteiger partial charge is 0.481 e. The molecule has 0 spiro atoms. The molecular weight excluding hydrogens is 430 g/mol. The zero-order valence-corrected chi connectivity index (χ0v) is 16.9. The highest BCUT2D eigenvalue weighted by Crippen LogP contribution is 2.04. The van der Waals surface area contributed by atoms with Crippen LogP contribution in [0.25, 0.3) is 0 Å². The summed E-state index contributed by atoms with van der Waals surface area (Å²) in [6.07, 6.45) is 1.19. The molecule has 1 aromatic heterocycles. The fraction of sp³-hybridized carbons (Fsp3) is 0.471. The maximum atomic E-state index is 12.7. The van der Waals surface area contributed by atoms with Crippen molar-refractivity contribution in [2.45, 2.75) is 43.8 Å². The van der Waals surface area contributed by atoms with Crippen molar-refractivity contribution in [2.75, 3.05) is 6.54 Å². The number of imidazole rings is 1. The Morgan fingerprint density at radius 1 is 1.00 bits per heavy atom.